The number of aromatic nitrogens is 3. The summed E-state index contributed by atoms with van der Waals surface area (Å²) >= 11 is 0. The zero-order chi connectivity index (χ0) is 38.0. The van der Waals surface area contributed by atoms with Crippen molar-refractivity contribution in [1.82, 2.24) is 15.2 Å². The maximum Gasteiger partial charge on any atom is 0.426 e. The predicted octanol–water partition coefficient (Wildman–Crippen LogP) is 9.31. The third-order valence-corrected chi connectivity index (χ3v) is 7.05. The number of halogens is 6. The lowest BCUT2D eigenvalue weighted by atomic mass is 9.97. The van der Waals surface area contributed by atoms with Crippen LogP contribution in [0.2, 0.25) is 0 Å². The number of amides is 2. The lowest BCUT2D eigenvalue weighted by Gasteiger charge is -2.32. The summed E-state index contributed by atoms with van der Waals surface area (Å²) in [5.74, 6) is -3.04. The van der Waals surface area contributed by atoms with Gasteiger partial charge in [-0.15, -0.1) is 10.2 Å². The molecule has 2 atom stereocenters. The van der Waals surface area contributed by atoms with Gasteiger partial charge in [-0.1, -0.05) is 42.5 Å². The number of fused-ring (bicyclic) bond motifs is 5. The molecule has 1 aliphatic heterocycles. The predicted molar refractivity (Wildman–Crippen MR) is 170 cm³/mol. The first-order valence-electron chi connectivity index (χ1n) is 15.8. The van der Waals surface area contributed by atoms with Gasteiger partial charge in [-0.3, -0.25) is 0 Å². The second kappa shape index (κ2) is 14.5. The van der Waals surface area contributed by atoms with Gasteiger partial charge in [0.05, 0.1) is 18.4 Å². The summed E-state index contributed by atoms with van der Waals surface area (Å²) < 4.78 is 117. The van der Waals surface area contributed by atoms with E-state index in [0.717, 1.165) is 0 Å². The number of allylic oxidation sites excluding steroid dienone is 1. The van der Waals surface area contributed by atoms with Crippen LogP contribution in [-0.4, -0.2) is 50.9 Å². The van der Waals surface area contributed by atoms with Crippen molar-refractivity contribution in [1.29, 1.82) is 0 Å². The summed E-state index contributed by atoms with van der Waals surface area (Å²) in [6, 6.07) is 8.34. The number of hydrogen-bond donors (Lipinski definition) is 0. The Morgan fingerprint density at radius 1 is 0.922 bits per heavy atom. The van der Waals surface area contributed by atoms with Crippen molar-refractivity contribution in [2.24, 2.45) is 0 Å². The van der Waals surface area contributed by atoms with Crippen molar-refractivity contribution >= 4 is 17.9 Å². The van der Waals surface area contributed by atoms with Gasteiger partial charge in [0.1, 0.15) is 16.8 Å². The van der Waals surface area contributed by atoms with Crippen LogP contribution < -0.4 is 9.64 Å². The third-order valence-electron chi connectivity index (χ3n) is 7.05. The Bertz CT molecular complexity index is 1700. The molecule has 1 aliphatic rings. The maximum absolute atomic E-state index is 15.2. The van der Waals surface area contributed by atoms with Crippen LogP contribution in [0.4, 0.5) is 41.6 Å². The molecule has 0 unspecified atom stereocenters. The summed E-state index contributed by atoms with van der Waals surface area (Å²) in [7, 11) is 0. The molecule has 17 heteroatoms. The van der Waals surface area contributed by atoms with Crippen molar-refractivity contribution in [3.05, 3.63) is 65.6 Å². The number of pyridine rings is 1. The van der Waals surface area contributed by atoms with Gasteiger partial charge in [-0.25, -0.2) is 14.6 Å². The molecule has 3 aromatic rings. The lowest BCUT2D eigenvalue weighted by molar-refractivity contribution is -0.295. The average molecular weight is 729 g/mol. The van der Waals surface area contributed by atoms with E-state index in [0.29, 0.717) is 11.6 Å². The smallest absolute Gasteiger partial charge is 0.426 e. The van der Waals surface area contributed by atoms with Crippen LogP contribution in [0.15, 0.2) is 53.0 Å². The fraction of sp³-hybridized carbons (Fsp3) is 0.500. The molecule has 3 heterocycles. The largest absolute Gasteiger partial charge is 0.474 e. The summed E-state index contributed by atoms with van der Waals surface area (Å²) in [5.41, 5.74) is -8.71. The average Bonchev–Trinajstić information content (AvgIpc) is 3.46. The maximum atomic E-state index is 15.2. The Kier molecular flexibility index (Phi) is 11.1. The molecule has 0 aliphatic carbocycles. The molecule has 0 saturated heterocycles. The lowest BCUT2D eigenvalue weighted by Crippen LogP contribution is -2.45. The molecule has 2 amide bonds. The first-order chi connectivity index (χ1) is 23.5. The zero-order valence-corrected chi connectivity index (χ0v) is 28.9. The number of hydrogen-bond acceptors (Lipinski definition) is 10. The second-order valence-corrected chi connectivity index (χ2v) is 13.7. The number of nitrogens with zero attached hydrogens (tertiary/aromatic N) is 4. The number of carbonyl (C=O) groups is 2. The molecule has 51 heavy (non-hydrogen) atoms. The van der Waals surface area contributed by atoms with Crippen molar-refractivity contribution in [3.8, 4) is 17.5 Å². The standard InChI is InChI=1S/C34H38F6N4O7/c1-20-14-10-9-13-17-32(34(38,39)40,47-19-21-15-11-8-12-16-21)27-43-42-26(49-27)24-23(18-22(33(35,36)37)25(41-24)48-20)44(28(45)50-30(2,3)4)29(46)51-31(5,6)7/h8-9,11-13,15-16,18,20H,10,14,17,19H2,1-7H3/t20-,32-/m1/s1. The molecule has 278 valence electrons. The van der Waals surface area contributed by atoms with Crippen LogP contribution in [0.3, 0.4) is 0 Å². The SMILES string of the molecule is C[C@@H]1CCC=CC[C@](OCc2ccccc2)(C(F)(F)F)c2nnc(o2)-c2nc(c(C(F)(F)F)cc2N(C(=O)OC(C)(C)C)C(=O)OC(C)(C)C)O1. The highest BCUT2D eigenvalue weighted by Crippen LogP contribution is 2.48. The minimum absolute atomic E-state index is 0.0663. The van der Waals surface area contributed by atoms with Crippen LogP contribution >= 0.6 is 0 Å². The van der Waals surface area contributed by atoms with E-state index in [4.69, 9.17) is 23.4 Å². The second-order valence-electron chi connectivity index (χ2n) is 13.7. The monoisotopic (exact) mass is 728 g/mol. The molecule has 2 aromatic heterocycles. The van der Waals surface area contributed by atoms with E-state index in [1.807, 2.05) is 0 Å². The van der Waals surface area contributed by atoms with Gasteiger partial charge in [-0.2, -0.15) is 31.2 Å². The quantitative estimate of drug-likeness (QED) is 0.190. The molecule has 0 fully saturated rings. The van der Waals surface area contributed by atoms with Crippen LogP contribution in [0.1, 0.15) is 84.7 Å². The highest BCUT2D eigenvalue weighted by Gasteiger charge is 2.61. The van der Waals surface area contributed by atoms with Gasteiger partial charge in [0.25, 0.3) is 11.8 Å². The minimum atomic E-state index is -5.18. The van der Waals surface area contributed by atoms with E-state index in [9.17, 15) is 22.8 Å². The molecular weight excluding hydrogens is 690 g/mol. The Balaban J connectivity index is 2.04. The van der Waals surface area contributed by atoms with Crippen molar-refractivity contribution in [3.63, 3.8) is 0 Å². The highest BCUT2D eigenvalue weighted by atomic mass is 19.4. The molecule has 0 radical (unpaired) electrons. The van der Waals surface area contributed by atoms with E-state index in [1.54, 1.807) is 30.3 Å². The fourth-order valence-corrected chi connectivity index (χ4v) is 4.73. The minimum Gasteiger partial charge on any atom is -0.474 e. The van der Waals surface area contributed by atoms with Gasteiger partial charge < -0.3 is 23.4 Å². The van der Waals surface area contributed by atoms with E-state index in [2.05, 4.69) is 15.2 Å². The van der Waals surface area contributed by atoms with Crippen LogP contribution in [-0.2, 0) is 32.6 Å². The summed E-state index contributed by atoms with van der Waals surface area (Å²) in [6.45, 7) is 9.51. The number of imide groups is 1. The normalized spacial score (nSPS) is 18.7. The third kappa shape index (κ3) is 9.56. The molecule has 11 nitrogen and oxygen atoms in total. The summed E-state index contributed by atoms with van der Waals surface area (Å²) in [5, 5.41) is 7.36. The Morgan fingerprint density at radius 3 is 2.08 bits per heavy atom. The van der Waals surface area contributed by atoms with Crippen molar-refractivity contribution in [2.45, 2.75) is 110 Å². The van der Waals surface area contributed by atoms with E-state index < -0.39 is 95.1 Å². The number of ether oxygens (including phenoxy) is 4. The van der Waals surface area contributed by atoms with Gasteiger partial charge in [0, 0.05) is 6.42 Å². The van der Waals surface area contributed by atoms with Crippen LogP contribution in [0, 0.1) is 0 Å². The van der Waals surface area contributed by atoms with E-state index in [-0.39, 0.29) is 17.7 Å². The molecule has 4 rings (SSSR count). The molecule has 4 bridgehead atoms. The van der Waals surface area contributed by atoms with Crippen LogP contribution in [0.5, 0.6) is 5.88 Å². The molecule has 1 aromatic carbocycles. The molecule has 0 N–H and O–H groups in total. The summed E-state index contributed by atoms with van der Waals surface area (Å²) in [6.07, 6.45) is -12.4. The highest BCUT2D eigenvalue weighted by molar-refractivity contribution is 6.11. The Labute approximate surface area is 289 Å². The van der Waals surface area contributed by atoms with Crippen molar-refractivity contribution in [2.75, 3.05) is 4.90 Å². The zero-order valence-electron chi connectivity index (χ0n) is 28.9. The fourth-order valence-electron chi connectivity index (χ4n) is 4.73. The number of carbonyl (C=O) groups excluding carboxylic acids is 2. The Morgan fingerprint density at radius 2 is 1.53 bits per heavy atom. The van der Waals surface area contributed by atoms with Gasteiger partial charge in [0.15, 0.2) is 5.69 Å². The molecule has 0 spiro atoms. The van der Waals surface area contributed by atoms with Gasteiger partial charge in [-0.05, 0) is 72.9 Å². The number of anilines is 1. The number of rotatable bonds is 4. The van der Waals surface area contributed by atoms with Gasteiger partial charge >= 0.3 is 24.5 Å². The van der Waals surface area contributed by atoms with Crippen LogP contribution in [0.25, 0.3) is 11.6 Å². The first-order valence-corrected chi connectivity index (χ1v) is 15.8. The first kappa shape index (κ1) is 39.1. The van der Waals surface area contributed by atoms with E-state index >= 15 is 13.2 Å². The van der Waals surface area contributed by atoms with Crippen molar-refractivity contribution < 1.29 is 59.3 Å². The Hall–Kier alpha value is -4.67. The number of benzene rings is 1. The van der Waals surface area contributed by atoms with Gasteiger partial charge in [0.2, 0.25) is 11.5 Å². The van der Waals surface area contributed by atoms with E-state index in [1.165, 1.54) is 60.6 Å². The topological polar surface area (TPSA) is 126 Å². The molecular formula is C34H38F6N4O7. The summed E-state index contributed by atoms with van der Waals surface area (Å²) in [4.78, 5) is 31.2. The number of alkyl halides is 6. The molecule has 0 saturated carbocycles.